The zero-order valence-corrected chi connectivity index (χ0v) is 15.2. The molecule has 0 saturated carbocycles. The third-order valence-corrected chi connectivity index (χ3v) is 3.05. The van der Waals surface area contributed by atoms with Gasteiger partial charge in [-0.25, -0.2) is 9.78 Å². The maximum absolute atomic E-state index is 12.4. The fourth-order valence-electron chi connectivity index (χ4n) is 1.97. The molecule has 0 aliphatic carbocycles. The van der Waals surface area contributed by atoms with Gasteiger partial charge in [-0.1, -0.05) is 0 Å². The fraction of sp³-hybridized carbons (Fsp3) is 0.412. The average molecular weight is 401 g/mol. The molecule has 1 atom stereocenters. The molecule has 1 unspecified atom stereocenters. The van der Waals surface area contributed by atoms with Crippen molar-refractivity contribution in [1.82, 2.24) is 4.98 Å². The van der Waals surface area contributed by atoms with Gasteiger partial charge in [0.05, 0.1) is 17.8 Å². The number of aliphatic carboxylic acids is 1. The van der Waals surface area contributed by atoms with E-state index in [4.69, 9.17) is 11.2 Å². The summed E-state index contributed by atoms with van der Waals surface area (Å²) in [5, 5.41) is 13.2. The number of ether oxygens (including phenoxy) is 1. The van der Waals surface area contributed by atoms with Crippen LogP contribution in [-0.2, 0) is 14.3 Å². The molecule has 1 aromatic heterocycles. The summed E-state index contributed by atoms with van der Waals surface area (Å²) in [6.07, 6.45) is -0.472. The summed E-state index contributed by atoms with van der Waals surface area (Å²) in [5.74, 6) is -3.21. The van der Waals surface area contributed by atoms with Gasteiger partial charge >= 0.3 is 24.1 Å². The molecule has 1 heterocycles. The van der Waals surface area contributed by atoms with E-state index in [9.17, 15) is 32.7 Å². The summed E-state index contributed by atoms with van der Waals surface area (Å²) in [4.78, 5) is 38.3. The van der Waals surface area contributed by atoms with Crippen LogP contribution in [0.4, 0.5) is 29.5 Å². The predicted molar refractivity (Wildman–Crippen MR) is 92.6 cm³/mol. The Bertz CT molecular complexity index is 810. The van der Waals surface area contributed by atoms with Crippen LogP contribution in [0.15, 0.2) is 12.3 Å². The molecular formula is C17H18F3N3O5. The van der Waals surface area contributed by atoms with Crippen molar-refractivity contribution in [2.75, 3.05) is 10.6 Å². The number of nitrogens with one attached hydrogen (secondary N) is 2. The molecule has 0 fully saturated rings. The summed E-state index contributed by atoms with van der Waals surface area (Å²) in [6, 6.07) is 0.944. The van der Waals surface area contributed by atoms with Crippen LogP contribution in [0.25, 0.3) is 0 Å². The summed E-state index contributed by atoms with van der Waals surface area (Å²) >= 11 is 0. The number of pyridine rings is 1. The topological polar surface area (TPSA) is 118 Å². The number of aromatic nitrogens is 1. The number of hydrogen-bond acceptors (Lipinski definition) is 5. The number of anilines is 2. The largest absolute Gasteiger partial charge is 0.481 e. The van der Waals surface area contributed by atoms with E-state index in [1.807, 2.05) is 0 Å². The lowest BCUT2D eigenvalue weighted by atomic mass is 9.96. The highest BCUT2D eigenvalue weighted by Gasteiger charge is 2.39. The molecule has 3 N–H and O–H groups in total. The van der Waals surface area contributed by atoms with E-state index < -0.39 is 41.4 Å². The molecular weight excluding hydrogens is 383 g/mol. The molecule has 28 heavy (non-hydrogen) atoms. The zero-order valence-electron chi connectivity index (χ0n) is 15.2. The van der Waals surface area contributed by atoms with Gasteiger partial charge < -0.3 is 15.2 Å². The Labute approximate surface area is 158 Å². The summed E-state index contributed by atoms with van der Waals surface area (Å²) in [5.41, 5.74) is -1.48. The van der Waals surface area contributed by atoms with E-state index in [-0.39, 0.29) is 17.8 Å². The molecule has 8 nitrogen and oxygen atoms in total. The SMILES string of the molecule is C#CCC(C(=O)O)c1cc(NC(=O)C(F)(F)F)cnc1NC(=O)OC(C)(C)C. The molecule has 0 spiro atoms. The first-order valence-corrected chi connectivity index (χ1v) is 7.79. The van der Waals surface area contributed by atoms with Crippen molar-refractivity contribution in [3.63, 3.8) is 0 Å². The maximum Gasteiger partial charge on any atom is 0.471 e. The summed E-state index contributed by atoms with van der Waals surface area (Å²) in [7, 11) is 0. The van der Waals surface area contributed by atoms with Crippen molar-refractivity contribution < 1.29 is 37.4 Å². The van der Waals surface area contributed by atoms with Gasteiger partial charge in [-0.3, -0.25) is 14.9 Å². The highest BCUT2D eigenvalue weighted by atomic mass is 19.4. The van der Waals surface area contributed by atoms with E-state index in [0.717, 1.165) is 12.3 Å². The Balaban J connectivity index is 3.31. The number of rotatable bonds is 5. The molecule has 0 aromatic carbocycles. The monoisotopic (exact) mass is 401 g/mol. The van der Waals surface area contributed by atoms with Gasteiger partial charge in [-0.15, -0.1) is 12.3 Å². The van der Waals surface area contributed by atoms with Crippen molar-refractivity contribution in [2.45, 2.75) is 44.9 Å². The van der Waals surface area contributed by atoms with Crippen LogP contribution in [0.1, 0.15) is 38.7 Å². The Morgan fingerprint density at radius 1 is 1.29 bits per heavy atom. The minimum absolute atomic E-state index is 0.198. The van der Waals surface area contributed by atoms with Gasteiger partial charge in [-0.2, -0.15) is 13.2 Å². The van der Waals surface area contributed by atoms with E-state index in [1.165, 1.54) is 0 Å². The first-order valence-electron chi connectivity index (χ1n) is 7.79. The molecule has 1 rings (SSSR count). The summed E-state index contributed by atoms with van der Waals surface area (Å²) < 4.78 is 42.3. The van der Waals surface area contributed by atoms with E-state index in [0.29, 0.717) is 0 Å². The van der Waals surface area contributed by atoms with Gasteiger partial charge in [0.1, 0.15) is 11.4 Å². The fourth-order valence-corrected chi connectivity index (χ4v) is 1.97. The Morgan fingerprint density at radius 2 is 1.89 bits per heavy atom. The highest BCUT2D eigenvalue weighted by molar-refractivity contribution is 5.95. The Kier molecular flexibility index (Phi) is 6.99. The average Bonchev–Trinajstić information content (AvgIpc) is 2.51. The summed E-state index contributed by atoms with van der Waals surface area (Å²) in [6.45, 7) is 4.78. The smallest absolute Gasteiger partial charge is 0.471 e. The molecule has 11 heteroatoms. The predicted octanol–water partition coefficient (Wildman–Crippen LogP) is 3.12. The number of carbonyl (C=O) groups is 3. The van der Waals surface area contributed by atoms with Crippen LogP contribution in [0.5, 0.6) is 0 Å². The van der Waals surface area contributed by atoms with Gasteiger partial charge in [0.15, 0.2) is 0 Å². The normalized spacial score (nSPS) is 12.5. The van der Waals surface area contributed by atoms with Crippen molar-refractivity contribution in [1.29, 1.82) is 0 Å². The van der Waals surface area contributed by atoms with Crippen LogP contribution in [0, 0.1) is 12.3 Å². The van der Waals surface area contributed by atoms with Crippen molar-refractivity contribution >= 4 is 29.5 Å². The third kappa shape index (κ3) is 6.79. The first-order chi connectivity index (χ1) is 12.7. The maximum atomic E-state index is 12.4. The lowest BCUT2D eigenvalue weighted by Gasteiger charge is -2.21. The molecule has 1 aromatic rings. The second-order valence-electron chi connectivity index (χ2n) is 6.54. The van der Waals surface area contributed by atoms with Crippen molar-refractivity contribution in [2.24, 2.45) is 0 Å². The minimum atomic E-state index is -5.15. The number of carboxylic acid groups (broad SMARTS) is 1. The number of nitrogens with zero attached hydrogens (tertiary/aromatic N) is 1. The second-order valence-corrected chi connectivity index (χ2v) is 6.54. The van der Waals surface area contributed by atoms with E-state index in [1.54, 1.807) is 26.1 Å². The second kappa shape index (κ2) is 8.60. The molecule has 152 valence electrons. The van der Waals surface area contributed by atoms with E-state index in [2.05, 4.69) is 16.2 Å². The first kappa shape index (κ1) is 22.8. The zero-order chi connectivity index (χ0) is 21.7. The van der Waals surface area contributed by atoms with Gasteiger partial charge in [0.2, 0.25) is 0 Å². The van der Waals surface area contributed by atoms with Crippen LogP contribution in [0.2, 0.25) is 0 Å². The lowest BCUT2D eigenvalue weighted by molar-refractivity contribution is -0.167. The van der Waals surface area contributed by atoms with Gasteiger partial charge in [0.25, 0.3) is 0 Å². The van der Waals surface area contributed by atoms with Crippen molar-refractivity contribution in [3.8, 4) is 12.3 Å². The lowest BCUT2D eigenvalue weighted by Crippen LogP contribution is -2.30. The number of halogens is 3. The Morgan fingerprint density at radius 3 is 2.36 bits per heavy atom. The highest BCUT2D eigenvalue weighted by Crippen LogP contribution is 2.29. The standard InChI is InChI=1S/C17H18F3N3O5/c1-5-6-10(13(24)25)11-7-9(22-14(26)17(18,19)20)8-21-12(11)23-15(27)28-16(2,3)4/h1,7-8,10H,6H2,2-4H3,(H,22,26)(H,24,25)(H,21,23,27). The number of alkyl halides is 3. The van der Waals surface area contributed by atoms with Gasteiger partial charge in [0, 0.05) is 12.0 Å². The third-order valence-electron chi connectivity index (χ3n) is 3.05. The molecule has 0 aliphatic rings. The van der Waals surface area contributed by atoms with Crippen LogP contribution >= 0.6 is 0 Å². The van der Waals surface area contributed by atoms with Crippen molar-refractivity contribution in [3.05, 3.63) is 17.8 Å². The van der Waals surface area contributed by atoms with E-state index >= 15 is 0 Å². The van der Waals surface area contributed by atoms with Crippen LogP contribution in [0.3, 0.4) is 0 Å². The number of hydrogen-bond donors (Lipinski definition) is 3. The van der Waals surface area contributed by atoms with Crippen LogP contribution < -0.4 is 10.6 Å². The van der Waals surface area contributed by atoms with Crippen LogP contribution in [-0.4, -0.2) is 39.8 Å². The molecule has 0 aliphatic heterocycles. The number of carboxylic acids is 1. The molecule has 0 saturated heterocycles. The number of carbonyl (C=O) groups excluding carboxylic acids is 2. The number of amides is 2. The minimum Gasteiger partial charge on any atom is -0.481 e. The molecule has 2 amide bonds. The molecule has 0 radical (unpaired) electrons. The number of terminal acetylenes is 1. The van der Waals surface area contributed by atoms with Gasteiger partial charge in [-0.05, 0) is 26.8 Å². The quantitative estimate of drug-likeness (QED) is 0.653. The Hall–Kier alpha value is -3.29. The molecule has 0 bridgehead atoms.